The number of sulfone groups is 1. The molecular weight excluding hydrogens is 234 g/mol. The number of nitrogens with one attached hydrogen (secondary N) is 1. The zero-order chi connectivity index (χ0) is 12.1. The molecule has 3 fully saturated rings. The summed E-state index contributed by atoms with van der Waals surface area (Å²) in [6, 6.07) is 7.22. The molecule has 0 radical (unpaired) electrons. The minimum Gasteiger partial charge on any atom is -0.315 e. The Hall–Kier alpha value is -0.870. The van der Waals surface area contributed by atoms with Crippen molar-refractivity contribution in [3.05, 3.63) is 29.8 Å². The van der Waals surface area contributed by atoms with Crippen molar-refractivity contribution in [1.82, 2.24) is 5.32 Å². The maximum absolute atomic E-state index is 12.6. The highest BCUT2D eigenvalue weighted by Gasteiger charge is 2.56. The molecule has 1 aromatic rings. The van der Waals surface area contributed by atoms with Crippen LogP contribution < -0.4 is 5.32 Å². The molecule has 0 spiro atoms. The second-order valence-electron chi connectivity index (χ2n) is 5.40. The van der Waals surface area contributed by atoms with Crippen molar-refractivity contribution in [2.45, 2.75) is 29.4 Å². The van der Waals surface area contributed by atoms with Gasteiger partial charge < -0.3 is 5.32 Å². The Morgan fingerprint density at radius 3 is 2.41 bits per heavy atom. The van der Waals surface area contributed by atoms with Gasteiger partial charge in [-0.1, -0.05) is 17.7 Å². The topological polar surface area (TPSA) is 46.2 Å². The van der Waals surface area contributed by atoms with Gasteiger partial charge >= 0.3 is 0 Å². The molecular formula is C13H17NO2S. The molecule has 92 valence electrons. The largest absolute Gasteiger partial charge is 0.315 e. The van der Waals surface area contributed by atoms with Crippen LogP contribution in [0.1, 0.15) is 18.4 Å². The van der Waals surface area contributed by atoms with Crippen LogP contribution in [0.15, 0.2) is 29.2 Å². The molecule has 4 rings (SSSR count). The monoisotopic (exact) mass is 251 g/mol. The lowest BCUT2D eigenvalue weighted by atomic mass is 9.71. The molecule has 1 aliphatic carbocycles. The van der Waals surface area contributed by atoms with Crippen LogP contribution in [0, 0.1) is 12.8 Å². The number of hydrogen-bond donors (Lipinski definition) is 1. The van der Waals surface area contributed by atoms with E-state index >= 15 is 0 Å². The number of fused-ring (bicyclic) bond motifs is 2. The lowest BCUT2D eigenvalue weighted by molar-refractivity contribution is 0.157. The van der Waals surface area contributed by atoms with E-state index in [2.05, 4.69) is 5.32 Å². The molecule has 2 bridgehead atoms. The first-order valence-electron chi connectivity index (χ1n) is 6.06. The van der Waals surface area contributed by atoms with E-state index < -0.39 is 14.6 Å². The van der Waals surface area contributed by atoms with Crippen LogP contribution in [0.4, 0.5) is 0 Å². The van der Waals surface area contributed by atoms with Gasteiger partial charge in [0.15, 0.2) is 9.84 Å². The average Bonchev–Trinajstić information content (AvgIpc) is 2.29. The van der Waals surface area contributed by atoms with Crippen LogP contribution in [0.3, 0.4) is 0 Å². The lowest BCUT2D eigenvalue weighted by Gasteiger charge is -2.51. The SMILES string of the molecule is Cc1ccc(S(=O)(=O)C23CNCC(C2)C3)cc1. The fourth-order valence-electron chi connectivity index (χ4n) is 3.07. The number of piperidine rings is 2. The van der Waals surface area contributed by atoms with Crippen molar-refractivity contribution in [2.24, 2.45) is 5.92 Å². The van der Waals surface area contributed by atoms with Gasteiger partial charge in [0.1, 0.15) is 0 Å². The molecule has 3 nitrogen and oxygen atoms in total. The number of benzene rings is 1. The highest BCUT2D eigenvalue weighted by Crippen LogP contribution is 2.48. The maximum atomic E-state index is 12.6. The van der Waals surface area contributed by atoms with Gasteiger partial charge in [-0.3, -0.25) is 0 Å². The van der Waals surface area contributed by atoms with Crippen molar-refractivity contribution in [3.63, 3.8) is 0 Å². The smallest absolute Gasteiger partial charge is 0.185 e. The summed E-state index contributed by atoms with van der Waals surface area (Å²) in [5.41, 5.74) is 1.09. The van der Waals surface area contributed by atoms with Gasteiger partial charge in [-0.05, 0) is 44.4 Å². The fourth-order valence-corrected chi connectivity index (χ4v) is 5.26. The zero-order valence-electron chi connectivity index (χ0n) is 9.94. The van der Waals surface area contributed by atoms with Crippen LogP contribution in [-0.4, -0.2) is 26.3 Å². The summed E-state index contributed by atoms with van der Waals surface area (Å²) in [7, 11) is -3.17. The number of rotatable bonds is 2. The van der Waals surface area contributed by atoms with Crippen molar-refractivity contribution >= 4 is 9.84 Å². The molecule has 2 heterocycles. The van der Waals surface area contributed by atoms with Gasteiger partial charge in [0, 0.05) is 6.54 Å². The summed E-state index contributed by atoms with van der Waals surface area (Å²) >= 11 is 0. The molecule has 0 amide bonds. The first-order chi connectivity index (χ1) is 8.03. The molecule has 17 heavy (non-hydrogen) atoms. The summed E-state index contributed by atoms with van der Waals surface area (Å²) in [5.74, 6) is 0.559. The second-order valence-corrected chi connectivity index (χ2v) is 7.75. The molecule has 1 N–H and O–H groups in total. The molecule has 1 saturated carbocycles. The van der Waals surface area contributed by atoms with Crippen LogP contribution in [0.25, 0.3) is 0 Å². The van der Waals surface area contributed by atoms with E-state index in [0.717, 1.165) is 24.9 Å². The van der Waals surface area contributed by atoms with E-state index in [1.807, 2.05) is 19.1 Å². The molecule has 4 heteroatoms. The number of hydrogen-bond acceptors (Lipinski definition) is 3. The first-order valence-corrected chi connectivity index (χ1v) is 7.54. The molecule has 0 atom stereocenters. The Balaban J connectivity index is 1.99. The van der Waals surface area contributed by atoms with E-state index in [1.165, 1.54) is 0 Å². The highest BCUT2D eigenvalue weighted by atomic mass is 32.2. The van der Waals surface area contributed by atoms with Crippen molar-refractivity contribution in [2.75, 3.05) is 13.1 Å². The van der Waals surface area contributed by atoms with Crippen molar-refractivity contribution < 1.29 is 8.42 Å². The van der Waals surface area contributed by atoms with Gasteiger partial charge in [0.2, 0.25) is 0 Å². The maximum Gasteiger partial charge on any atom is 0.185 e. The minimum atomic E-state index is -3.17. The van der Waals surface area contributed by atoms with Crippen molar-refractivity contribution in [1.29, 1.82) is 0 Å². The lowest BCUT2D eigenvalue weighted by Crippen LogP contribution is -2.63. The summed E-state index contributed by atoms with van der Waals surface area (Å²) in [6.45, 7) is 3.56. The second kappa shape index (κ2) is 3.56. The molecule has 2 saturated heterocycles. The quantitative estimate of drug-likeness (QED) is 0.867. The Kier molecular flexibility index (Phi) is 2.35. The molecule has 0 unspecified atom stereocenters. The summed E-state index contributed by atoms with van der Waals surface area (Å²) < 4.78 is 24.7. The minimum absolute atomic E-state index is 0.477. The normalized spacial score (nSPS) is 31.9. The fraction of sp³-hybridized carbons (Fsp3) is 0.538. The van der Waals surface area contributed by atoms with E-state index in [0.29, 0.717) is 17.4 Å². The van der Waals surface area contributed by atoms with Gasteiger partial charge in [-0.25, -0.2) is 8.42 Å². The van der Waals surface area contributed by atoms with Crippen LogP contribution in [0.2, 0.25) is 0 Å². The van der Waals surface area contributed by atoms with E-state index in [9.17, 15) is 8.42 Å². The van der Waals surface area contributed by atoms with Crippen LogP contribution >= 0.6 is 0 Å². The van der Waals surface area contributed by atoms with Gasteiger partial charge in [0.25, 0.3) is 0 Å². The van der Waals surface area contributed by atoms with Gasteiger partial charge in [-0.2, -0.15) is 0 Å². The molecule has 1 aromatic carbocycles. The van der Waals surface area contributed by atoms with E-state index in [1.54, 1.807) is 12.1 Å². The molecule has 0 aromatic heterocycles. The third-order valence-corrected chi connectivity index (χ3v) is 6.61. The Morgan fingerprint density at radius 2 is 1.88 bits per heavy atom. The third-order valence-electron chi connectivity index (χ3n) is 4.10. The zero-order valence-corrected chi connectivity index (χ0v) is 10.8. The van der Waals surface area contributed by atoms with Gasteiger partial charge in [0.05, 0.1) is 9.64 Å². The Morgan fingerprint density at radius 1 is 1.24 bits per heavy atom. The summed E-state index contributed by atoms with van der Waals surface area (Å²) in [6.07, 6.45) is 1.66. The first kappa shape index (κ1) is 11.2. The van der Waals surface area contributed by atoms with Crippen molar-refractivity contribution in [3.8, 4) is 0 Å². The van der Waals surface area contributed by atoms with E-state index in [4.69, 9.17) is 0 Å². The predicted octanol–water partition coefficient (Wildman–Crippen LogP) is 1.52. The van der Waals surface area contributed by atoms with Crippen LogP contribution in [-0.2, 0) is 9.84 Å². The highest BCUT2D eigenvalue weighted by molar-refractivity contribution is 7.93. The summed E-state index contributed by atoms with van der Waals surface area (Å²) in [5, 5.41) is 3.23. The van der Waals surface area contributed by atoms with Crippen LogP contribution in [0.5, 0.6) is 0 Å². The molecule has 2 aliphatic heterocycles. The predicted molar refractivity (Wildman–Crippen MR) is 66.7 cm³/mol. The Bertz CT molecular complexity index is 522. The molecule has 3 aliphatic rings. The summed E-state index contributed by atoms with van der Waals surface area (Å²) in [4.78, 5) is 0.477. The Labute approximate surface area is 102 Å². The van der Waals surface area contributed by atoms with Gasteiger partial charge in [-0.15, -0.1) is 0 Å². The standard InChI is InChI=1S/C13H17NO2S/c1-10-2-4-12(5-3-10)17(15,16)13-6-11(7-13)8-14-9-13/h2-5,11,14H,6-9H2,1H3. The third kappa shape index (κ3) is 1.54. The average molecular weight is 251 g/mol. The van der Waals surface area contributed by atoms with E-state index in [-0.39, 0.29) is 0 Å². The number of aryl methyl sites for hydroxylation is 1.